The van der Waals surface area contributed by atoms with E-state index in [0.717, 1.165) is 22.9 Å². The number of carbonyl (C=O) groups excluding carboxylic acids is 2. The summed E-state index contributed by atoms with van der Waals surface area (Å²) in [6.45, 7) is 3.84. The van der Waals surface area contributed by atoms with Crippen LogP contribution in [0.5, 0.6) is 0 Å². The molecule has 1 aliphatic rings. The van der Waals surface area contributed by atoms with E-state index < -0.39 is 0 Å². The predicted octanol–water partition coefficient (Wildman–Crippen LogP) is 7.11. The molecule has 7 heteroatoms. The highest BCUT2D eigenvalue weighted by atomic mass is 35.5. The molecule has 2 aromatic carbocycles. The largest absolute Gasteiger partial charge is 0.457 e. The van der Waals surface area contributed by atoms with Crippen molar-refractivity contribution in [1.82, 2.24) is 0 Å². The van der Waals surface area contributed by atoms with Gasteiger partial charge in [-0.25, -0.2) is 4.90 Å². The number of hydrogen-bond acceptors (Lipinski definition) is 4. The lowest BCUT2D eigenvalue weighted by Crippen LogP contribution is -2.28. The predicted molar refractivity (Wildman–Crippen MR) is 119 cm³/mol. The van der Waals surface area contributed by atoms with E-state index in [1.54, 1.807) is 42.5 Å². The van der Waals surface area contributed by atoms with Gasteiger partial charge in [0.05, 0.1) is 15.6 Å². The fourth-order valence-corrected chi connectivity index (χ4v) is 4.24. The maximum atomic E-state index is 12.9. The van der Waals surface area contributed by atoms with Crippen LogP contribution >= 0.6 is 35.0 Å². The van der Waals surface area contributed by atoms with Crippen LogP contribution in [-0.2, 0) is 4.79 Å². The summed E-state index contributed by atoms with van der Waals surface area (Å²) in [5.74, 6) is 0.604. The Morgan fingerprint density at radius 2 is 1.83 bits per heavy atom. The number of imide groups is 1. The molecule has 0 aliphatic carbocycles. The summed E-state index contributed by atoms with van der Waals surface area (Å²) in [7, 11) is 0. The van der Waals surface area contributed by atoms with Gasteiger partial charge < -0.3 is 4.42 Å². The van der Waals surface area contributed by atoms with Gasteiger partial charge in [-0.2, -0.15) is 0 Å². The number of aryl methyl sites for hydroxylation is 1. The van der Waals surface area contributed by atoms with Crippen LogP contribution in [0, 0.1) is 13.8 Å². The highest BCUT2D eigenvalue weighted by molar-refractivity contribution is 8.19. The van der Waals surface area contributed by atoms with E-state index in [-0.39, 0.29) is 11.1 Å². The van der Waals surface area contributed by atoms with Gasteiger partial charge in [-0.1, -0.05) is 35.3 Å². The third-order valence-electron chi connectivity index (χ3n) is 4.70. The number of thioether (sulfide) groups is 1. The van der Waals surface area contributed by atoms with Crippen LogP contribution in [0.2, 0.25) is 10.0 Å². The summed E-state index contributed by atoms with van der Waals surface area (Å²) in [4.78, 5) is 26.9. The third kappa shape index (κ3) is 3.73. The molecule has 1 aromatic heterocycles. The Balaban J connectivity index is 1.66. The van der Waals surface area contributed by atoms with Gasteiger partial charge in [-0.3, -0.25) is 9.59 Å². The Bertz CT molecular complexity index is 1180. The molecule has 2 amide bonds. The molecule has 29 heavy (non-hydrogen) atoms. The maximum Gasteiger partial charge on any atom is 0.298 e. The molecule has 4 rings (SSSR count). The second-order valence-electron chi connectivity index (χ2n) is 6.56. The minimum absolute atomic E-state index is 0.300. The summed E-state index contributed by atoms with van der Waals surface area (Å²) >= 11 is 13.2. The van der Waals surface area contributed by atoms with Gasteiger partial charge in [0.15, 0.2) is 0 Å². The monoisotopic (exact) mass is 443 g/mol. The zero-order chi connectivity index (χ0) is 20.7. The van der Waals surface area contributed by atoms with Crippen molar-refractivity contribution in [2.75, 3.05) is 4.90 Å². The Labute approximate surface area is 182 Å². The molecule has 0 spiro atoms. The first kappa shape index (κ1) is 19.8. The second kappa shape index (κ2) is 7.75. The number of anilines is 1. The van der Waals surface area contributed by atoms with Gasteiger partial charge in [0.2, 0.25) is 0 Å². The van der Waals surface area contributed by atoms with Gasteiger partial charge in [0.1, 0.15) is 11.5 Å². The highest BCUT2D eigenvalue weighted by Crippen LogP contribution is 2.38. The minimum atomic E-state index is -0.368. The summed E-state index contributed by atoms with van der Waals surface area (Å²) in [6, 6.07) is 14.1. The molecule has 1 saturated heterocycles. The molecule has 3 aromatic rings. The molecule has 1 fully saturated rings. The first-order chi connectivity index (χ1) is 13.8. The maximum absolute atomic E-state index is 12.9. The normalized spacial score (nSPS) is 15.6. The van der Waals surface area contributed by atoms with Crippen LogP contribution in [-0.4, -0.2) is 11.1 Å². The van der Waals surface area contributed by atoms with Gasteiger partial charge in [0.25, 0.3) is 11.1 Å². The van der Waals surface area contributed by atoms with Crippen molar-refractivity contribution in [1.29, 1.82) is 0 Å². The minimum Gasteiger partial charge on any atom is -0.457 e. The molecule has 1 aliphatic heterocycles. The number of halogens is 2. The van der Waals surface area contributed by atoms with Crippen LogP contribution < -0.4 is 4.90 Å². The molecule has 0 radical (unpaired) electrons. The summed E-state index contributed by atoms with van der Waals surface area (Å²) in [5.41, 5.74) is 3.16. The summed E-state index contributed by atoms with van der Waals surface area (Å²) < 4.78 is 5.82. The van der Waals surface area contributed by atoms with Crippen molar-refractivity contribution in [3.63, 3.8) is 0 Å². The molecule has 4 nitrogen and oxygen atoms in total. The SMILES string of the molecule is Cc1cccc(N2C(=O)S/C(=C/c3ccc(-c4cc(Cl)ccc4Cl)o3)C2=O)c1C. The van der Waals surface area contributed by atoms with Crippen molar-refractivity contribution in [3.8, 4) is 11.3 Å². The van der Waals surface area contributed by atoms with Gasteiger partial charge in [-0.15, -0.1) is 0 Å². The first-order valence-corrected chi connectivity index (χ1v) is 10.3. The van der Waals surface area contributed by atoms with Crippen molar-refractivity contribution in [2.24, 2.45) is 0 Å². The molecular formula is C22H15Cl2NO3S. The van der Waals surface area contributed by atoms with Crippen LogP contribution in [0.25, 0.3) is 17.4 Å². The van der Waals surface area contributed by atoms with Crippen LogP contribution in [0.1, 0.15) is 16.9 Å². The van der Waals surface area contributed by atoms with Gasteiger partial charge in [-0.05, 0) is 73.1 Å². The second-order valence-corrected chi connectivity index (χ2v) is 8.40. The highest BCUT2D eigenvalue weighted by Gasteiger charge is 2.37. The number of benzene rings is 2. The van der Waals surface area contributed by atoms with E-state index in [9.17, 15) is 9.59 Å². The molecule has 146 valence electrons. The Hall–Kier alpha value is -2.47. The number of rotatable bonds is 3. The van der Waals surface area contributed by atoms with Gasteiger partial charge in [0, 0.05) is 16.7 Å². The topological polar surface area (TPSA) is 50.5 Å². The molecule has 0 saturated carbocycles. The lowest BCUT2D eigenvalue weighted by Gasteiger charge is -2.16. The average Bonchev–Trinajstić information content (AvgIpc) is 3.25. The standard InChI is InChI=1S/C22H15Cl2NO3S/c1-12-4-3-5-18(13(12)2)25-21(26)20(29-22(25)27)11-15-7-9-19(28-15)16-10-14(23)6-8-17(16)24/h3-11H,1-2H3/b20-11+. The summed E-state index contributed by atoms with van der Waals surface area (Å²) in [5, 5.41) is 0.710. The van der Waals surface area contributed by atoms with Crippen LogP contribution in [0.3, 0.4) is 0 Å². The quantitative estimate of drug-likeness (QED) is 0.404. The molecule has 0 unspecified atom stereocenters. The molecule has 0 N–H and O–H groups in total. The fourth-order valence-electron chi connectivity index (χ4n) is 3.04. The van der Waals surface area contributed by atoms with Gasteiger partial charge >= 0.3 is 0 Å². The third-order valence-corrected chi connectivity index (χ3v) is 6.14. The smallest absolute Gasteiger partial charge is 0.298 e. The van der Waals surface area contributed by atoms with Crippen molar-refractivity contribution in [2.45, 2.75) is 13.8 Å². The van der Waals surface area contributed by atoms with E-state index in [0.29, 0.717) is 37.7 Å². The van der Waals surface area contributed by atoms with E-state index in [4.69, 9.17) is 27.6 Å². The van der Waals surface area contributed by atoms with Crippen molar-refractivity contribution < 1.29 is 14.0 Å². The van der Waals surface area contributed by atoms with Crippen LogP contribution in [0.15, 0.2) is 57.9 Å². The van der Waals surface area contributed by atoms with E-state index in [2.05, 4.69) is 0 Å². The fraction of sp³-hybridized carbons (Fsp3) is 0.0909. The van der Waals surface area contributed by atoms with E-state index >= 15 is 0 Å². The number of carbonyl (C=O) groups is 2. The van der Waals surface area contributed by atoms with E-state index in [1.807, 2.05) is 26.0 Å². The van der Waals surface area contributed by atoms with Crippen LogP contribution in [0.4, 0.5) is 10.5 Å². The van der Waals surface area contributed by atoms with Crippen molar-refractivity contribution in [3.05, 3.63) is 80.4 Å². The molecule has 0 atom stereocenters. The lowest BCUT2D eigenvalue weighted by atomic mass is 10.1. The van der Waals surface area contributed by atoms with Crippen molar-refractivity contribution >= 4 is 57.9 Å². The zero-order valence-electron chi connectivity index (χ0n) is 15.5. The first-order valence-electron chi connectivity index (χ1n) is 8.74. The number of hydrogen-bond donors (Lipinski definition) is 0. The number of nitrogens with zero attached hydrogens (tertiary/aromatic N) is 1. The molecule has 0 bridgehead atoms. The average molecular weight is 444 g/mol. The summed E-state index contributed by atoms with van der Waals surface area (Å²) in [6.07, 6.45) is 1.57. The number of amides is 2. The molecule has 2 heterocycles. The van der Waals surface area contributed by atoms with E-state index in [1.165, 1.54) is 4.90 Å². The lowest BCUT2D eigenvalue weighted by molar-refractivity contribution is -0.113. The zero-order valence-corrected chi connectivity index (χ0v) is 17.9. The molecular weight excluding hydrogens is 429 g/mol. The Morgan fingerprint density at radius 1 is 1.03 bits per heavy atom. The Morgan fingerprint density at radius 3 is 2.62 bits per heavy atom. The Kier molecular flexibility index (Phi) is 5.30. The number of furan rings is 1.